The molecule has 0 aliphatic rings. The summed E-state index contributed by atoms with van der Waals surface area (Å²) >= 11 is 0. The van der Waals surface area contributed by atoms with Crippen LogP contribution in [-0.2, 0) is 0 Å². The normalized spacial score (nSPS) is 15.2. The first-order chi connectivity index (χ1) is 6.56. The van der Waals surface area contributed by atoms with Gasteiger partial charge in [0.05, 0.1) is 18.8 Å². The van der Waals surface area contributed by atoms with E-state index < -0.39 is 30.4 Å². The minimum absolute atomic E-state index is 0.244. The van der Waals surface area contributed by atoms with E-state index in [1.807, 2.05) is 0 Å². The Labute approximate surface area is 79.8 Å². The van der Waals surface area contributed by atoms with E-state index in [4.69, 9.17) is 10.8 Å². The van der Waals surface area contributed by atoms with Gasteiger partial charge in [0, 0.05) is 5.56 Å². The Hall–Kier alpha value is -1.04. The molecule has 4 N–H and O–H groups in total. The van der Waals surface area contributed by atoms with Gasteiger partial charge in [-0.3, -0.25) is 0 Å². The van der Waals surface area contributed by atoms with E-state index in [1.165, 1.54) is 0 Å². The van der Waals surface area contributed by atoms with E-state index in [1.54, 1.807) is 0 Å². The Balaban J connectivity index is 2.99. The molecule has 2 unspecified atom stereocenters. The highest BCUT2D eigenvalue weighted by molar-refractivity contribution is 5.22. The molecule has 0 saturated heterocycles. The average molecular weight is 203 g/mol. The second-order valence-corrected chi connectivity index (χ2v) is 2.96. The number of rotatable bonds is 3. The third kappa shape index (κ3) is 2.25. The van der Waals surface area contributed by atoms with Crippen molar-refractivity contribution < 1.29 is 19.0 Å². The molecule has 0 spiro atoms. The minimum atomic E-state index is -1.41. The van der Waals surface area contributed by atoms with Gasteiger partial charge in [0.25, 0.3) is 0 Å². The highest BCUT2D eigenvalue weighted by Gasteiger charge is 2.19. The first kappa shape index (κ1) is 11.0. The van der Waals surface area contributed by atoms with Crippen molar-refractivity contribution in [3.05, 3.63) is 35.4 Å². The minimum Gasteiger partial charge on any atom is -0.395 e. The lowest BCUT2D eigenvalue weighted by molar-refractivity contribution is 0.106. The maximum absolute atomic E-state index is 13.1. The van der Waals surface area contributed by atoms with Gasteiger partial charge in [-0.25, -0.2) is 8.78 Å². The summed E-state index contributed by atoms with van der Waals surface area (Å²) in [7, 11) is 0. The summed E-state index contributed by atoms with van der Waals surface area (Å²) in [5.74, 6) is -1.41. The third-order valence-corrected chi connectivity index (χ3v) is 1.89. The molecule has 0 aromatic heterocycles. The average Bonchev–Trinajstić information content (AvgIpc) is 2.19. The van der Waals surface area contributed by atoms with Crippen molar-refractivity contribution in [3.8, 4) is 0 Å². The SMILES string of the molecule is NC(CO)C(O)c1cc(F)ccc1F. The van der Waals surface area contributed by atoms with Gasteiger partial charge < -0.3 is 15.9 Å². The zero-order chi connectivity index (χ0) is 10.7. The van der Waals surface area contributed by atoms with Crippen LogP contribution in [0, 0.1) is 11.6 Å². The summed E-state index contributed by atoms with van der Waals surface area (Å²) in [5, 5.41) is 18.0. The lowest BCUT2D eigenvalue weighted by atomic mass is 10.0. The Morgan fingerprint density at radius 2 is 2.00 bits per heavy atom. The summed E-state index contributed by atoms with van der Waals surface area (Å²) in [6, 6.07) is 1.68. The largest absolute Gasteiger partial charge is 0.395 e. The topological polar surface area (TPSA) is 66.5 Å². The molecule has 2 atom stereocenters. The number of halogens is 2. The van der Waals surface area contributed by atoms with Gasteiger partial charge in [-0.2, -0.15) is 0 Å². The van der Waals surface area contributed by atoms with Crippen LogP contribution in [0.3, 0.4) is 0 Å². The molecular formula is C9H11F2NO2. The number of aliphatic hydroxyl groups excluding tert-OH is 2. The van der Waals surface area contributed by atoms with Gasteiger partial charge in [0.15, 0.2) is 0 Å². The van der Waals surface area contributed by atoms with E-state index in [9.17, 15) is 13.9 Å². The smallest absolute Gasteiger partial charge is 0.129 e. The fourth-order valence-corrected chi connectivity index (χ4v) is 1.07. The van der Waals surface area contributed by atoms with Crippen LogP contribution in [0.25, 0.3) is 0 Å². The van der Waals surface area contributed by atoms with Crippen LogP contribution in [0.15, 0.2) is 18.2 Å². The molecule has 5 heteroatoms. The van der Waals surface area contributed by atoms with Gasteiger partial charge in [0.1, 0.15) is 11.6 Å². The maximum Gasteiger partial charge on any atom is 0.129 e. The quantitative estimate of drug-likeness (QED) is 0.662. The van der Waals surface area contributed by atoms with Crippen LogP contribution in [0.1, 0.15) is 11.7 Å². The first-order valence-electron chi connectivity index (χ1n) is 4.05. The zero-order valence-corrected chi connectivity index (χ0v) is 7.32. The summed E-state index contributed by atoms with van der Waals surface area (Å²) in [5.41, 5.74) is 5.03. The van der Waals surface area contributed by atoms with Crippen LogP contribution < -0.4 is 5.73 Å². The van der Waals surface area contributed by atoms with Crippen molar-refractivity contribution in [2.24, 2.45) is 5.73 Å². The fourth-order valence-electron chi connectivity index (χ4n) is 1.07. The molecule has 1 rings (SSSR count). The Bertz CT molecular complexity index is 320. The Kier molecular flexibility index (Phi) is 3.51. The Morgan fingerprint density at radius 3 is 2.57 bits per heavy atom. The van der Waals surface area contributed by atoms with Crippen LogP contribution >= 0.6 is 0 Å². The van der Waals surface area contributed by atoms with Crippen molar-refractivity contribution >= 4 is 0 Å². The molecule has 1 aromatic carbocycles. The maximum atomic E-state index is 13.1. The van der Waals surface area contributed by atoms with Crippen LogP contribution in [0.5, 0.6) is 0 Å². The van der Waals surface area contributed by atoms with Crippen molar-refractivity contribution in [2.45, 2.75) is 12.1 Å². The molecule has 3 nitrogen and oxygen atoms in total. The van der Waals surface area contributed by atoms with E-state index in [2.05, 4.69) is 0 Å². The van der Waals surface area contributed by atoms with E-state index >= 15 is 0 Å². The second-order valence-electron chi connectivity index (χ2n) is 2.96. The first-order valence-corrected chi connectivity index (χ1v) is 4.05. The molecule has 1 aromatic rings. The van der Waals surface area contributed by atoms with Crippen molar-refractivity contribution in [2.75, 3.05) is 6.61 Å². The lowest BCUT2D eigenvalue weighted by Gasteiger charge is -2.17. The van der Waals surface area contributed by atoms with Crippen molar-refractivity contribution in [1.82, 2.24) is 0 Å². The van der Waals surface area contributed by atoms with Gasteiger partial charge >= 0.3 is 0 Å². The molecule has 0 fully saturated rings. The van der Waals surface area contributed by atoms with Gasteiger partial charge in [-0.05, 0) is 18.2 Å². The molecule has 14 heavy (non-hydrogen) atoms. The summed E-state index contributed by atoms with van der Waals surface area (Å²) in [6.07, 6.45) is -1.41. The molecule has 78 valence electrons. The third-order valence-electron chi connectivity index (χ3n) is 1.89. The molecule has 0 saturated carbocycles. The predicted octanol–water partition coefficient (Wildman–Crippen LogP) is 0.318. The standard InChI is InChI=1S/C9H11F2NO2/c10-5-1-2-7(11)6(3-5)9(14)8(12)4-13/h1-3,8-9,13-14H,4,12H2. The van der Waals surface area contributed by atoms with Crippen LogP contribution in [0.4, 0.5) is 8.78 Å². The van der Waals surface area contributed by atoms with E-state index in [-0.39, 0.29) is 5.56 Å². The van der Waals surface area contributed by atoms with Gasteiger partial charge in [-0.15, -0.1) is 0 Å². The van der Waals surface area contributed by atoms with Gasteiger partial charge in [-0.1, -0.05) is 0 Å². The van der Waals surface area contributed by atoms with Crippen LogP contribution in [-0.4, -0.2) is 22.9 Å². The molecule has 0 aliphatic carbocycles. The fraction of sp³-hybridized carbons (Fsp3) is 0.333. The number of benzene rings is 1. The molecular weight excluding hydrogens is 192 g/mol. The summed E-state index contributed by atoms with van der Waals surface area (Å²) < 4.78 is 25.7. The van der Waals surface area contributed by atoms with Crippen LogP contribution in [0.2, 0.25) is 0 Å². The van der Waals surface area contributed by atoms with Crippen molar-refractivity contribution in [1.29, 1.82) is 0 Å². The van der Waals surface area contributed by atoms with E-state index in [0.29, 0.717) is 0 Å². The highest BCUT2D eigenvalue weighted by atomic mass is 19.1. The number of nitrogens with two attached hydrogens (primary N) is 1. The number of hydrogen-bond acceptors (Lipinski definition) is 3. The summed E-state index contributed by atoms with van der Waals surface area (Å²) in [4.78, 5) is 0. The monoisotopic (exact) mass is 203 g/mol. The predicted molar refractivity (Wildman–Crippen MR) is 46.4 cm³/mol. The van der Waals surface area contributed by atoms with Crippen molar-refractivity contribution in [3.63, 3.8) is 0 Å². The summed E-state index contributed by atoms with van der Waals surface area (Å²) in [6.45, 7) is -0.503. The zero-order valence-electron chi connectivity index (χ0n) is 7.32. The lowest BCUT2D eigenvalue weighted by Crippen LogP contribution is -2.32. The highest BCUT2D eigenvalue weighted by Crippen LogP contribution is 2.20. The second kappa shape index (κ2) is 4.45. The molecule has 0 bridgehead atoms. The van der Waals surface area contributed by atoms with Gasteiger partial charge in [0.2, 0.25) is 0 Å². The molecule has 0 amide bonds. The Morgan fingerprint density at radius 1 is 1.36 bits per heavy atom. The molecule has 0 radical (unpaired) electrons. The molecule has 0 aliphatic heterocycles. The molecule has 0 heterocycles. The number of aliphatic hydroxyl groups is 2. The number of hydrogen-bond donors (Lipinski definition) is 3. The van der Waals surface area contributed by atoms with E-state index in [0.717, 1.165) is 18.2 Å².